The van der Waals surface area contributed by atoms with Crippen LogP contribution in [0.5, 0.6) is 0 Å². The van der Waals surface area contributed by atoms with Gasteiger partial charge in [-0.15, -0.1) is 6.42 Å². The van der Waals surface area contributed by atoms with Crippen molar-refractivity contribution in [2.75, 3.05) is 0 Å². The molecule has 3 aromatic rings. The molecule has 0 nitrogen and oxygen atoms in total. The average molecular weight is 499 g/mol. The Hall–Kier alpha value is -3.30. The minimum Gasteiger partial charge on any atom is -0.115 e. The molecular weight excluding hydrogens is 456 g/mol. The Kier molecular flexibility index (Phi) is 8.65. The Morgan fingerprint density at radius 1 is 0.842 bits per heavy atom. The zero-order valence-electron chi connectivity index (χ0n) is 22.9. The first-order chi connectivity index (χ1) is 18.6. The van der Waals surface area contributed by atoms with Crippen LogP contribution < -0.4 is 0 Å². The summed E-state index contributed by atoms with van der Waals surface area (Å²) in [5.74, 6) is 5.15. The monoisotopic (exact) mass is 498 g/mol. The Labute approximate surface area is 230 Å². The lowest BCUT2D eigenvalue weighted by molar-refractivity contribution is 0.252. The van der Waals surface area contributed by atoms with Crippen LogP contribution in [0.2, 0.25) is 0 Å². The van der Waals surface area contributed by atoms with Gasteiger partial charge in [-0.3, -0.25) is 0 Å². The molecular formula is C38H42. The van der Waals surface area contributed by atoms with Crippen molar-refractivity contribution in [1.29, 1.82) is 0 Å². The predicted octanol–water partition coefficient (Wildman–Crippen LogP) is 9.81. The summed E-state index contributed by atoms with van der Waals surface area (Å²) in [6, 6.07) is 29.1. The van der Waals surface area contributed by atoms with Gasteiger partial charge in [0.05, 0.1) is 0 Å². The van der Waals surface area contributed by atoms with Gasteiger partial charge in [-0.25, -0.2) is 0 Å². The fourth-order valence-electron chi connectivity index (χ4n) is 6.99. The molecule has 0 N–H and O–H groups in total. The first-order valence-corrected chi connectivity index (χ1v) is 14.7. The molecule has 5 rings (SSSR count). The van der Waals surface area contributed by atoms with E-state index in [-0.39, 0.29) is 0 Å². The molecule has 0 aromatic heterocycles. The Balaban J connectivity index is 1.28. The van der Waals surface area contributed by atoms with Crippen molar-refractivity contribution in [2.24, 2.45) is 11.8 Å². The second-order valence-corrected chi connectivity index (χ2v) is 11.7. The van der Waals surface area contributed by atoms with E-state index in [0.717, 1.165) is 30.7 Å². The fourth-order valence-corrected chi connectivity index (χ4v) is 6.99. The SMILES string of the molecule is C#Cc1ccc(CC2CCC(C(C(=C)CCc3ccccc3)c3ccc(C4CCCC4=C)cc3)CC2)cc1. The van der Waals surface area contributed by atoms with Crippen LogP contribution in [0.3, 0.4) is 0 Å². The van der Waals surface area contributed by atoms with Crippen molar-refractivity contribution in [3.05, 3.63) is 131 Å². The van der Waals surface area contributed by atoms with Gasteiger partial charge in [-0.1, -0.05) is 97.0 Å². The predicted molar refractivity (Wildman–Crippen MR) is 162 cm³/mol. The summed E-state index contributed by atoms with van der Waals surface area (Å²) in [5.41, 5.74) is 9.52. The summed E-state index contributed by atoms with van der Waals surface area (Å²) >= 11 is 0. The van der Waals surface area contributed by atoms with E-state index in [0.29, 0.717) is 17.8 Å². The molecule has 2 fully saturated rings. The van der Waals surface area contributed by atoms with Crippen LogP contribution in [0, 0.1) is 24.2 Å². The van der Waals surface area contributed by atoms with Crippen molar-refractivity contribution in [3.63, 3.8) is 0 Å². The highest BCUT2D eigenvalue weighted by Crippen LogP contribution is 2.44. The van der Waals surface area contributed by atoms with E-state index >= 15 is 0 Å². The van der Waals surface area contributed by atoms with Crippen LogP contribution >= 0.6 is 0 Å². The number of rotatable bonds is 9. The van der Waals surface area contributed by atoms with Gasteiger partial charge >= 0.3 is 0 Å². The highest BCUT2D eigenvalue weighted by atomic mass is 14.4. The average Bonchev–Trinajstić information content (AvgIpc) is 3.40. The third-order valence-electron chi connectivity index (χ3n) is 9.21. The standard InChI is InChI=1S/C38H42/c1-4-30-15-17-32(18-16-30)27-33-19-21-35(22-20-33)38(29(3)13-14-31-10-6-5-7-11-31)36-25-23-34(24-26-36)37-12-8-9-28(37)2/h1,5-7,10-11,15-18,23-26,33,35,37-38H,2-3,8-9,12-14,19-22,27H2. The number of terminal acetylenes is 1. The fraction of sp³-hybridized carbons (Fsp3) is 0.368. The maximum Gasteiger partial charge on any atom is 0.0242 e. The first kappa shape index (κ1) is 26.3. The molecule has 0 heteroatoms. The summed E-state index contributed by atoms with van der Waals surface area (Å²) in [4.78, 5) is 0. The summed E-state index contributed by atoms with van der Waals surface area (Å²) in [5, 5.41) is 0. The Morgan fingerprint density at radius 3 is 2.18 bits per heavy atom. The van der Waals surface area contributed by atoms with Crippen molar-refractivity contribution in [1.82, 2.24) is 0 Å². The molecule has 0 heterocycles. The quantitative estimate of drug-likeness (QED) is 0.203. The second-order valence-electron chi connectivity index (χ2n) is 11.7. The van der Waals surface area contributed by atoms with Crippen molar-refractivity contribution in [2.45, 2.75) is 76.0 Å². The molecule has 2 aliphatic carbocycles. The van der Waals surface area contributed by atoms with Gasteiger partial charge in [0, 0.05) is 17.4 Å². The molecule has 2 aliphatic rings. The maximum absolute atomic E-state index is 5.54. The number of hydrogen-bond acceptors (Lipinski definition) is 0. The van der Waals surface area contributed by atoms with Crippen molar-refractivity contribution >= 4 is 0 Å². The molecule has 0 bridgehead atoms. The number of benzene rings is 3. The van der Waals surface area contributed by atoms with E-state index in [1.54, 1.807) is 0 Å². The maximum atomic E-state index is 5.54. The molecule has 3 aromatic carbocycles. The van der Waals surface area contributed by atoms with Crippen molar-refractivity contribution < 1.29 is 0 Å². The zero-order chi connectivity index (χ0) is 26.3. The normalized spacial score (nSPS) is 22.1. The smallest absolute Gasteiger partial charge is 0.0242 e. The highest BCUT2D eigenvalue weighted by molar-refractivity contribution is 5.37. The third-order valence-corrected chi connectivity index (χ3v) is 9.21. The highest BCUT2D eigenvalue weighted by Gasteiger charge is 2.31. The van der Waals surface area contributed by atoms with E-state index in [2.05, 4.69) is 91.4 Å². The van der Waals surface area contributed by atoms with E-state index < -0.39 is 0 Å². The largest absolute Gasteiger partial charge is 0.115 e. The van der Waals surface area contributed by atoms with E-state index in [1.165, 1.54) is 78.3 Å². The number of allylic oxidation sites excluding steroid dienone is 2. The van der Waals surface area contributed by atoms with Crippen LogP contribution in [0.15, 0.2) is 103 Å². The van der Waals surface area contributed by atoms with E-state index in [4.69, 9.17) is 13.0 Å². The topological polar surface area (TPSA) is 0 Å². The van der Waals surface area contributed by atoms with Crippen molar-refractivity contribution in [3.8, 4) is 12.3 Å². The van der Waals surface area contributed by atoms with Gasteiger partial charge in [0.15, 0.2) is 0 Å². The third kappa shape index (κ3) is 6.39. The molecule has 194 valence electrons. The molecule has 38 heavy (non-hydrogen) atoms. The summed E-state index contributed by atoms with van der Waals surface area (Å²) in [6.07, 6.45) is 17.7. The lowest BCUT2D eigenvalue weighted by Gasteiger charge is -2.36. The molecule has 0 amide bonds. The van der Waals surface area contributed by atoms with Gasteiger partial charge in [-0.2, -0.15) is 0 Å². The minimum absolute atomic E-state index is 0.440. The zero-order valence-corrected chi connectivity index (χ0v) is 22.9. The number of hydrogen-bond donors (Lipinski definition) is 0. The molecule has 2 unspecified atom stereocenters. The lowest BCUT2D eigenvalue weighted by Crippen LogP contribution is -2.23. The van der Waals surface area contributed by atoms with Crippen LogP contribution in [0.4, 0.5) is 0 Å². The summed E-state index contributed by atoms with van der Waals surface area (Å²) < 4.78 is 0. The molecule has 0 saturated heterocycles. The molecule has 0 radical (unpaired) electrons. The van der Waals surface area contributed by atoms with E-state index in [1.807, 2.05) is 0 Å². The van der Waals surface area contributed by atoms with Gasteiger partial charge in [0.2, 0.25) is 0 Å². The van der Waals surface area contributed by atoms with Crippen LogP contribution in [-0.4, -0.2) is 0 Å². The van der Waals surface area contributed by atoms with Crippen LogP contribution in [0.1, 0.15) is 91.0 Å². The van der Waals surface area contributed by atoms with Crippen LogP contribution in [0.25, 0.3) is 0 Å². The Bertz CT molecular complexity index is 1240. The van der Waals surface area contributed by atoms with Gasteiger partial charge in [-0.05, 0) is 110 Å². The minimum atomic E-state index is 0.440. The molecule has 2 saturated carbocycles. The summed E-state index contributed by atoms with van der Waals surface area (Å²) in [6.45, 7) is 9.05. The second kappa shape index (κ2) is 12.5. The van der Waals surface area contributed by atoms with Crippen LogP contribution in [-0.2, 0) is 12.8 Å². The first-order valence-electron chi connectivity index (χ1n) is 14.7. The summed E-state index contributed by atoms with van der Waals surface area (Å²) in [7, 11) is 0. The van der Waals surface area contributed by atoms with E-state index in [9.17, 15) is 0 Å². The molecule has 0 aliphatic heterocycles. The Morgan fingerprint density at radius 2 is 1.55 bits per heavy atom. The van der Waals surface area contributed by atoms with Gasteiger partial charge in [0.25, 0.3) is 0 Å². The number of aryl methyl sites for hydroxylation is 1. The molecule has 0 spiro atoms. The lowest BCUT2D eigenvalue weighted by atomic mass is 9.69. The van der Waals surface area contributed by atoms with Gasteiger partial charge < -0.3 is 0 Å². The van der Waals surface area contributed by atoms with Gasteiger partial charge in [0.1, 0.15) is 0 Å². The molecule has 2 atom stereocenters.